The van der Waals surface area contributed by atoms with Gasteiger partial charge in [-0.1, -0.05) is 363 Å². The van der Waals surface area contributed by atoms with E-state index in [0.717, 1.165) is 102 Å². The van der Waals surface area contributed by atoms with Crippen LogP contribution in [0.1, 0.15) is 414 Å². The molecule has 17 nitrogen and oxygen atoms in total. The van der Waals surface area contributed by atoms with E-state index in [2.05, 4.69) is 41.5 Å². The molecule has 0 saturated carbocycles. The molecule has 0 bridgehead atoms. The number of rotatable bonds is 78. The summed E-state index contributed by atoms with van der Waals surface area (Å²) in [7, 11) is -9.92. The van der Waals surface area contributed by atoms with E-state index in [0.29, 0.717) is 25.7 Å². The first-order valence-corrected chi connectivity index (χ1v) is 44.0. The van der Waals surface area contributed by atoms with Crippen LogP contribution in [0.25, 0.3) is 0 Å². The van der Waals surface area contributed by atoms with Gasteiger partial charge in [0.25, 0.3) is 0 Å². The predicted molar refractivity (Wildman–Crippen MR) is 400 cm³/mol. The van der Waals surface area contributed by atoms with Crippen molar-refractivity contribution < 1.29 is 80.2 Å². The first-order valence-electron chi connectivity index (χ1n) is 41.0. The van der Waals surface area contributed by atoms with Crippen molar-refractivity contribution in [2.24, 2.45) is 11.8 Å². The maximum atomic E-state index is 13.1. The van der Waals surface area contributed by atoms with Gasteiger partial charge in [0.05, 0.1) is 26.4 Å². The van der Waals surface area contributed by atoms with Gasteiger partial charge in [0.15, 0.2) is 12.2 Å². The zero-order valence-electron chi connectivity index (χ0n) is 64.1. The van der Waals surface area contributed by atoms with E-state index in [1.807, 2.05) is 0 Å². The van der Waals surface area contributed by atoms with Crippen molar-refractivity contribution in [1.29, 1.82) is 0 Å². The molecule has 2 unspecified atom stereocenters. The number of phosphoric ester groups is 2. The van der Waals surface area contributed by atoms with Gasteiger partial charge < -0.3 is 33.8 Å². The Morgan fingerprint density at radius 2 is 0.469 bits per heavy atom. The number of aliphatic hydroxyl groups is 1. The van der Waals surface area contributed by atoms with Gasteiger partial charge in [-0.05, 0) is 37.5 Å². The van der Waals surface area contributed by atoms with Crippen LogP contribution < -0.4 is 0 Å². The van der Waals surface area contributed by atoms with Gasteiger partial charge >= 0.3 is 39.5 Å². The molecule has 0 heterocycles. The minimum absolute atomic E-state index is 0.106. The number of hydrogen-bond acceptors (Lipinski definition) is 15. The maximum Gasteiger partial charge on any atom is 0.472 e. The molecule has 0 aliphatic carbocycles. The highest BCUT2D eigenvalue weighted by atomic mass is 31.2. The van der Waals surface area contributed by atoms with Crippen LogP contribution in [0.3, 0.4) is 0 Å². The van der Waals surface area contributed by atoms with Crippen molar-refractivity contribution in [1.82, 2.24) is 0 Å². The van der Waals surface area contributed by atoms with Crippen molar-refractivity contribution >= 4 is 39.5 Å². The average Bonchev–Trinajstić information content (AvgIpc) is 0.962. The Kier molecular flexibility index (Phi) is 69.3. The van der Waals surface area contributed by atoms with Crippen LogP contribution in [0.5, 0.6) is 0 Å². The summed E-state index contributed by atoms with van der Waals surface area (Å²) in [5.41, 5.74) is 0. The summed E-state index contributed by atoms with van der Waals surface area (Å²) >= 11 is 0. The molecule has 0 radical (unpaired) electrons. The van der Waals surface area contributed by atoms with E-state index in [1.54, 1.807) is 0 Å². The third kappa shape index (κ3) is 72.4. The molecule has 0 aromatic rings. The Morgan fingerprint density at radius 1 is 0.276 bits per heavy atom. The fourth-order valence-electron chi connectivity index (χ4n) is 12.2. The molecule has 0 spiro atoms. The maximum absolute atomic E-state index is 13.1. The average molecular weight is 1440 g/mol. The number of carbonyl (C=O) groups is 4. The van der Waals surface area contributed by atoms with Gasteiger partial charge in [0.1, 0.15) is 19.3 Å². The lowest BCUT2D eigenvalue weighted by Gasteiger charge is -2.21. The lowest BCUT2D eigenvalue weighted by molar-refractivity contribution is -0.161. The normalized spacial score (nSPS) is 13.9. The number of esters is 4. The molecule has 0 saturated heterocycles. The topological polar surface area (TPSA) is 237 Å². The molecular formula is C79H154O17P2. The molecule has 0 rings (SSSR count). The molecule has 0 aromatic carbocycles. The van der Waals surface area contributed by atoms with Crippen LogP contribution in [0.4, 0.5) is 0 Å². The van der Waals surface area contributed by atoms with Gasteiger partial charge in [-0.2, -0.15) is 0 Å². The minimum Gasteiger partial charge on any atom is -0.462 e. The van der Waals surface area contributed by atoms with E-state index in [4.69, 9.17) is 37.0 Å². The molecule has 3 N–H and O–H groups in total. The van der Waals surface area contributed by atoms with Crippen LogP contribution in [0.15, 0.2) is 0 Å². The summed E-state index contributed by atoms with van der Waals surface area (Å²) in [5, 5.41) is 10.6. The quantitative estimate of drug-likeness (QED) is 0.0222. The molecule has 0 aromatic heterocycles. The summed E-state index contributed by atoms with van der Waals surface area (Å²) in [6.45, 7) is 9.64. The zero-order chi connectivity index (χ0) is 72.1. The van der Waals surface area contributed by atoms with Crippen molar-refractivity contribution in [2.75, 3.05) is 39.6 Å². The standard InChI is InChI=1S/C79H154O17P2/c1-7-9-11-13-15-17-19-20-23-27-31-38-44-50-56-62-77(82)90-68-74(95-78(83)63-57-51-45-39-32-28-25-22-21-24-26-30-35-41-47-53-59-71(3)4)69-93-97(85,86)91-65-73(80)66-92-98(87,88)94-70-75(67-89-76(81)61-55-49-43-37-29-18-16-14-12-10-8-2)96-79(84)64-58-52-46-40-34-33-36-42-48-54-60-72(5)6/h71-75,80H,7-70H2,1-6H3,(H,85,86)(H,87,88)/t73-,74-,75-/m1/s1. The van der Waals surface area contributed by atoms with Gasteiger partial charge in [0.2, 0.25) is 0 Å². The second kappa shape index (κ2) is 70.7. The summed E-state index contributed by atoms with van der Waals surface area (Å²) in [6.07, 6.45) is 59.5. The molecular weight excluding hydrogens is 1280 g/mol. The highest BCUT2D eigenvalue weighted by molar-refractivity contribution is 7.47. The Bertz CT molecular complexity index is 1890. The van der Waals surface area contributed by atoms with E-state index < -0.39 is 97.5 Å². The summed E-state index contributed by atoms with van der Waals surface area (Å²) in [5.74, 6) is -0.548. The van der Waals surface area contributed by atoms with E-state index in [1.165, 1.54) is 231 Å². The van der Waals surface area contributed by atoms with Crippen LogP contribution in [0, 0.1) is 11.8 Å². The Labute approximate surface area is 600 Å². The van der Waals surface area contributed by atoms with Gasteiger partial charge in [-0.25, -0.2) is 9.13 Å². The SMILES string of the molecule is CCCCCCCCCCCCCCCCCC(=O)OC[C@H](COP(=O)(O)OC[C@@H](O)COP(=O)(O)OC[C@@H](COC(=O)CCCCCCCCCCCCC)OC(=O)CCCCCCCCCCCCC(C)C)OC(=O)CCCCCCCCCCCCCCCCCCC(C)C. The van der Waals surface area contributed by atoms with Crippen molar-refractivity contribution in [3.8, 4) is 0 Å². The van der Waals surface area contributed by atoms with Gasteiger partial charge in [0, 0.05) is 25.7 Å². The molecule has 0 aliphatic rings. The number of aliphatic hydroxyl groups excluding tert-OH is 1. The summed E-state index contributed by atoms with van der Waals surface area (Å²) < 4.78 is 68.7. The Morgan fingerprint density at radius 3 is 0.694 bits per heavy atom. The fraction of sp³-hybridized carbons (Fsp3) is 0.949. The Hall–Kier alpha value is -1.94. The summed E-state index contributed by atoms with van der Waals surface area (Å²) in [4.78, 5) is 72.9. The van der Waals surface area contributed by atoms with Crippen molar-refractivity contribution in [3.63, 3.8) is 0 Å². The number of ether oxygens (including phenoxy) is 4. The number of hydrogen-bond donors (Lipinski definition) is 3. The number of phosphoric acid groups is 2. The van der Waals surface area contributed by atoms with E-state index in [9.17, 15) is 43.2 Å². The van der Waals surface area contributed by atoms with Gasteiger partial charge in [-0.3, -0.25) is 37.3 Å². The van der Waals surface area contributed by atoms with E-state index in [-0.39, 0.29) is 25.7 Å². The van der Waals surface area contributed by atoms with Crippen LogP contribution in [-0.2, 0) is 65.4 Å². The smallest absolute Gasteiger partial charge is 0.462 e. The fourth-order valence-corrected chi connectivity index (χ4v) is 13.8. The van der Waals surface area contributed by atoms with Crippen LogP contribution in [-0.4, -0.2) is 96.7 Å². The number of carbonyl (C=O) groups excluding carboxylic acids is 4. The lowest BCUT2D eigenvalue weighted by atomic mass is 10.0. The predicted octanol–water partition coefficient (Wildman–Crippen LogP) is 23.5. The first-order chi connectivity index (χ1) is 47.4. The minimum atomic E-state index is -4.96. The molecule has 5 atom stereocenters. The second-order valence-electron chi connectivity index (χ2n) is 29.4. The third-order valence-corrected chi connectivity index (χ3v) is 20.4. The monoisotopic (exact) mass is 1440 g/mol. The molecule has 98 heavy (non-hydrogen) atoms. The highest BCUT2D eigenvalue weighted by Gasteiger charge is 2.30. The molecule has 0 aliphatic heterocycles. The number of unbranched alkanes of at least 4 members (excludes halogenated alkanes) is 48. The van der Waals surface area contributed by atoms with Crippen molar-refractivity contribution in [3.05, 3.63) is 0 Å². The van der Waals surface area contributed by atoms with Gasteiger partial charge in [-0.15, -0.1) is 0 Å². The second-order valence-corrected chi connectivity index (χ2v) is 32.3. The third-order valence-electron chi connectivity index (χ3n) is 18.5. The largest absolute Gasteiger partial charge is 0.472 e. The van der Waals surface area contributed by atoms with Crippen LogP contribution >= 0.6 is 15.6 Å². The molecule has 0 fully saturated rings. The van der Waals surface area contributed by atoms with Crippen LogP contribution in [0.2, 0.25) is 0 Å². The molecule has 582 valence electrons. The molecule has 19 heteroatoms. The first kappa shape index (κ1) is 96.1. The Balaban J connectivity index is 5.24. The summed E-state index contributed by atoms with van der Waals surface area (Å²) in [6, 6.07) is 0. The highest BCUT2D eigenvalue weighted by Crippen LogP contribution is 2.45. The molecule has 0 amide bonds. The van der Waals surface area contributed by atoms with E-state index >= 15 is 0 Å². The lowest BCUT2D eigenvalue weighted by Crippen LogP contribution is -2.30. The zero-order valence-corrected chi connectivity index (χ0v) is 65.9. The van der Waals surface area contributed by atoms with Crippen molar-refractivity contribution in [2.45, 2.75) is 432 Å².